The Balaban J connectivity index is 1.21. The highest BCUT2D eigenvalue weighted by molar-refractivity contribution is 6.71. The van der Waals surface area contributed by atoms with Crippen LogP contribution in [0.1, 0.15) is 30.0 Å². The maximum Gasteiger partial charge on any atom is 0.279 e. The van der Waals surface area contributed by atoms with E-state index in [1.165, 1.54) is 4.68 Å². The molecule has 12 heteroatoms. The number of aromatic amines is 1. The number of methoxy groups -OCH3 is 1. The fraction of sp³-hybridized carbons (Fsp3) is 0.325. The van der Waals surface area contributed by atoms with E-state index in [1.54, 1.807) is 23.0 Å². The van der Waals surface area contributed by atoms with Crippen LogP contribution in [-0.4, -0.2) is 71.1 Å². The van der Waals surface area contributed by atoms with Crippen molar-refractivity contribution in [3.8, 4) is 11.4 Å². The summed E-state index contributed by atoms with van der Waals surface area (Å²) in [6.45, 7) is 6.08. The highest BCUT2D eigenvalue weighted by Gasteiger charge is 2.66. The third-order valence-electron chi connectivity index (χ3n) is 10.6. The van der Waals surface area contributed by atoms with Crippen LogP contribution in [-0.2, 0) is 33.0 Å². The van der Waals surface area contributed by atoms with Crippen LogP contribution in [0, 0.1) is 5.92 Å². The van der Waals surface area contributed by atoms with E-state index >= 15 is 0 Å². The first kappa shape index (κ1) is 35.4. The summed E-state index contributed by atoms with van der Waals surface area (Å²) in [5, 5.41) is 13.6. The lowest BCUT2D eigenvalue weighted by atomic mass is 9.82. The van der Waals surface area contributed by atoms with E-state index < -0.39 is 31.5 Å². The van der Waals surface area contributed by atoms with E-state index in [0.717, 1.165) is 16.6 Å². The number of amides is 2. The summed E-state index contributed by atoms with van der Waals surface area (Å²) in [6.07, 6.45) is -0.801. The van der Waals surface area contributed by atoms with Crippen molar-refractivity contribution in [2.75, 3.05) is 25.2 Å². The fourth-order valence-corrected chi connectivity index (χ4v) is 10.8. The molecule has 3 N–H and O–H groups in total. The van der Waals surface area contributed by atoms with Crippen LogP contribution in [0.25, 0.3) is 16.6 Å². The molecule has 270 valence electrons. The Morgan fingerprint density at radius 2 is 1.69 bits per heavy atom. The Kier molecular flexibility index (Phi) is 9.42. The lowest BCUT2D eigenvalue weighted by molar-refractivity contribution is -0.150. The number of carbonyl (C=O) groups excluding carboxylic acids is 2. The number of aliphatic hydroxyl groups is 1. The summed E-state index contributed by atoms with van der Waals surface area (Å²) in [6, 6.07) is 29.9. The summed E-state index contributed by atoms with van der Waals surface area (Å²) in [5.41, 5.74) is 2.42. The van der Waals surface area contributed by atoms with Crippen molar-refractivity contribution in [2.24, 2.45) is 5.92 Å². The average Bonchev–Trinajstić information content (AvgIpc) is 3.71. The molecule has 0 saturated carbocycles. The molecular weight excluding hydrogens is 677 g/mol. The number of rotatable bonds is 11. The van der Waals surface area contributed by atoms with Gasteiger partial charge in [0.2, 0.25) is 5.91 Å². The van der Waals surface area contributed by atoms with Crippen LogP contribution in [0.5, 0.6) is 5.75 Å². The molecule has 52 heavy (non-hydrogen) atoms. The highest BCUT2D eigenvalue weighted by atomic mass is 28.4. The SMILES string of the molecule is COc1ccc2c(c1)[C@]1(O[C@@H](CC(=O)N(CCO)Cc3ccccc3)[C@H]([Si](C)(C)O)[C@H]1C)C(=O)N2Cc1ccc(-n2[nH]c3ccccc3c2=O)cc1. The molecule has 11 nitrogen and oxygen atoms in total. The number of aliphatic hydroxyl groups excluding tert-OH is 1. The van der Waals surface area contributed by atoms with Gasteiger partial charge in [-0.15, -0.1) is 0 Å². The number of nitrogens with zero attached hydrogens (tertiary/aromatic N) is 3. The van der Waals surface area contributed by atoms with Gasteiger partial charge in [0.25, 0.3) is 11.5 Å². The van der Waals surface area contributed by atoms with Crippen molar-refractivity contribution in [3.05, 3.63) is 124 Å². The zero-order valence-corrected chi connectivity index (χ0v) is 30.8. The summed E-state index contributed by atoms with van der Waals surface area (Å²) < 4.78 is 14.0. The lowest BCUT2D eigenvalue weighted by Crippen LogP contribution is -2.46. The number of hydrogen-bond acceptors (Lipinski definition) is 7. The molecule has 0 unspecified atom stereocenters. The number of H-pyrrole nitrogens is 1. The molecule has 1 fully saturated rings. The van der Waals surface area contributed by atoms with Crippen LogP contribution >= 0.6 is 0 Å². The van der Waals surface area contributed by atoms with E-state index in [9.17, 15) is 24.3 Å². The topological polar surface area (TPSA) is 137 Å². The molecule has 0 aliphatic carbocycles. The molecule has 7 rings (SSSR count). The molecule has 0 radical (unpaired) electrons. The number of hydrogen-bond donors (Lipinski definition) is 3. The molecule has 1 saturated heterocycles. The predicted molar refractivity (Wildman–Crippen MR) is 201 cm³/mol. The monoisotopic (exact) mass is 720 g/mol. The van der Waals surface area contributed by atoms with Gasteiger partial charge in [-0.25, -0.2) is 4.68 Å². The Labute approximate surface area is 303 Å². The molecule has 2 aliphatic rings. The summed E-state index contributed by atoms with van der Waals surface area (Å²) in [4.78, 5) is 57.0. The largest absolute Gasteiger partial charge is 0.497 e. The van der Waals surface area contributed by atoms with Crippen LogP contribution < -0.4 is 15.2 Å². The quantitative estimate of drug-likeness (QED) is 0.162. The summed E-state index contributed by atoms with van der Waals surface area (Å²) >= 11 is 0. The second-order valence-corrected chi connectivity index (χ2v) is 18.3. The third kappa shape index (κ3) is 6.15. The fourth-order valence-electron chi connectivity index (χ4n) is 8.23. The first-order chi connectivity index (χ1) is 25.0. The van der Waals surface area contributed by atoms with E-state index in [0.29, 0.717) is 34.6 Å². The second-order valence-electron chi connectivity index (χ2n) is 14.3. The van der Waals surface area contributed by atoms with Gasteiger partial charge in [-0.1, -0.05) is 61.5 Å². The van der Waals surface area contributed by atoms with Crippen LogP contribution in [0.2, 0.25) is 18.6 Å². The first-order valence-electron chi connectivity index (χ1n) is 17.6. The van der Waals surface area contributed by atoms with Crippen LogP contribution in [0.15, 0.2) is 102 Å². The van der Waals surface area contributed by atoms with Gasteiger partial charge in [-0.2, -0.15) is 0 Å². The summed E-state index contributed by atoms with van der Waals surface area (Å²) in [7, 11) is -1.47. The van der Waals surface area contributed by atoms with Crippen LogP contribution in [0.3, 0.4) is 0 Å². The Bertz CT molecular complexity index is 2160. The normalized spacial score (nSPS) is 21.2. The molecule has 2 aliphatic heterocycles. The third-order valence-corrected chi connectivity index (χ3v) is 13.1. The minimum Gasteiger partial charge on any atom is -0.497 e. The number of fused-ring (bicyclic) bond motifs is 3. The molecule has 1 spiro atoms. The maximum atomic E-state index is 14.9. The Morgan fingerprint density at radius 1 is 0.981 bits per heavy atom. The van der Waals surface area contributed by atoms with Gasteiger partial charge in [0, 0.05) is 30.1 Å². The summed E-state index contributed by atoms with van der Waals surface area (Å²) in [5.74, 6) is -0.408. The number of carbonyl (C=O) groups is 2. The standard InChI is InChI=1S/C40H44N4O7Si/c1-26-37(52(3,4)49)35(23-36(46)42(20-21-45)24-27-10-6-5-7-11-27)51-40(26)32-22-30(50-2)18-19-34(32)43(39(40)48)25-28-14-16-29(17-15-28)44-38(47)31-12-8-9-13-33(31)41-44/h5-19,22,26,35,37,41,45,49H,20-21,23-25H2,1-4H3/t26-,35+,37-,40+/m1/s1. The van der Waals surface area contributed by atoms with Crippen molar-refractivity contribution in [3.63, 3.8) is 0 Å². The van der Waals surface area contributed by atoms with Gasteiger partial charge < -0.3 is 29.2 Å². The molecule has 1 aromatic heterocycles. The molecule has 5 aromatic rings. The van der Waals surface area contributed by atoms with Crippen LogP contribution in [0.4, 0.5) is 5.69 Å². The predicted octanol–water partition coefficient (Wildman–Crippen LogP) is 5.08. The lowest BCUT2D eigenvalue weighted by Gasteiger charge is -2.32. The zero-order valence-electron chi connectivity index (χ0n) is 29.8. The number of anilines is 1. The molecular formula is C40H44N4O7Si. The van der Waals surface area contributed by atoms with Gasteiger partial charge in [-0.05, 0) is 66.7 Å². The highest BCUT2D eigenvalue weighted by Crippen LogP contribution is 2.60. The van der Waals surface area contributed by atoms with E-state index in [-0.39, 0.29) is 43.5 Å². The van der Waals surface area contributed by atoms with Crippen molar-refractivity contribution in [1.29, 1.82) is 0 Å². The Morgan fingerprint density at radius 3 is 2.37 bits per heavy atom. The molecule has 0 bridgehead atoms. The van der Waals surface area contributed by atoms with Gasteiger partial charge >= 0.3 is 0 Å². The van der Waals surface area contributed by atoms with Crippen molar-refractivity contribution < 1.29 is 29.0 Å². The number of para-hydroxylation sites is 1. The smallest absolute Gasteiger partial charge is 0.279 e. The van der Waals surface area contributed by atoms with Gasteiger partial charge in [-0.3, -0.25) is 19.5 Å². The number of aromatic nitrogens is 2. The van der Waals surface area contributed by atoms with Gasteiger partial charge in [0.1, 0.15) is 5.75 Å². The Hall–Kier alpha value is -5.01. The number of ether oxygens (including phenoxy) is 2. The second kappa shape index (κ2) is 13.8. The van der Waals surface area contributed by atoms with E-state index in [1.807, 2.05) is 111 Å². The molecule has 3 heterocycles. The minimum atomic E-state index is -3.04. The molecule has 2 amide bonds. The molecule has 4 atom stereocenters. The number of benzene rings is 4. The van der Waals surface area contributed by atoms with E-state index in [2.05, 4.69) is 5.10 Å². The average molecular weight is 721 g/mol. The first-order valence-corrected chi connectivity index (χ1v) is 20.6. The molecule has 4 aromatic carbocycles. The maximum absolute atomic E-state index is 14.9. The minimum absolute atomic E-state index is 0.0538. The van der Waals surface area contributed by atoms with Gasteiger partial charge in [0.15, 0.2) is 13.9 Å². The zero-order chi connectivity index (χ0) is 36.8. The van der Waals surface area contributed by atoms with E-state index in [4.69, 9.17) is 9.47 Å². The van der Waals surface area contributed by atoms with Gasteiger partial charge in [0.05, 0.1) is 55.1 Å². The van der Waals surface area contributed by atoms with Crippen molar-refractivity contribution in [2.45, 2.75) is 56.8 Å². The van der Waals surface area contributed by atoms with Crippen molar-refractivity contribution >= 4 is 36.7 Å². The number of nitrogens with one attached hydrogen (secondary N) is 1. The van der Waals surface area contributed by atoms with Crippen molar-refractivity contribution in [1.82, 2.24) is 14.7 Å².